The highest BCUT2D eigenvalue weighted by Crippen LogP contribution is 2.37. The van der Waals surface area contributed by atoms with Crippen molar-refractivity contribution in [1.82, 2.24) is 4.72 Å². The molecule has 1 aliphatic heterocycles. The van der Waals surface area contributed by atoms with Crippen LogP contribution in [0.4, 0.5) is 5.69 Å². The van der Waals surface area contributed by atoms with Gasteiger partial charge >= 0.3 is 0 Å². The molecular weight excluding hydrogens is 477 g/mol. The SMILES string of the molecule is O=S(=O)(NCC1=NN(c2ccc(Cl)cc2Cl)[C@H](C2C=CC(Cl)=CC2)C1)c1ccccc1. The van der Waals surface area contributed by atoms with Crippen LogP contribution in [0.1, 0.15) is 12.8 Å². The average Bonchev–Trinajstić information content (AvgIpc) is 3.17. The maximum absolute atomic E-state index is 12.6. The van der Waals surface area contributed by atoms with Crippen LogP contribution in [-0.2, 0) is 10.0 Å². The monoisotopic (exact) mass is 495 g/mol. The molecule has 0 aromatic heterocycles. The zero-order valence-electron chi connectivity index (χ0n) is 16.4. The van der Waals surface area contributed by atoms with Crippen LogP contribution < -0.4 is 9.73 Å². The highest BCUT2D eigenvalue weighted by molar-refractivity contribution is 7.89. The van der Waals surface area contributed by atoms with Gasteiger partial charge in [-0.05, 0) is 42.8 Å². The largest absolute Gasteiger partial charge is 0.260 e. The Hall–Kier alpha value is -1.83. The zero-order valence-corrected chi connectivity index (χ0v) is 19.5. The fourth-order valence-electron chi connectivity index (χ4n) is 3.69. The Morgan fingerprint density at radius 1 is 1.10 bits per heavy atom. The molecule has 31 heavy (non-hydrogen) atoms. The third-order valence-corrected chi connectivity index (χ3v) is 7.50. The quantitative estimate of drug-likeness (QED) is 0.566. The number of hydrogen-bond donors (Lipinski definition) is 1. The summed E-state index contributed by atoms with van der Waals surface area (Å²) in [7, 11) is -3.63. The van der Waals surface area contributed by atoms with Crippen molar-refractivity contribution >= 4 is 56.2 Å². The van der Waals surface area contributed by atoms with Gasteiger partial charge in [-0.3, -0.25) is 5.01 Å². The van der Waals surface area contributed by atoms with Crippen LogP contribution >= 0.6 is 34.8 Å². The maximum atomic E-state index is 12.6. The molecule has 1 N–H and O–H groups in total. The fourth-order valence-corrected chi connectivity index (χ4v) is 5.39. The fraction of sp³-hybridized carbons (Fsp3) is 0.227. The molecule has 4 rings (SSSR count). The number of sulfonamides is 1. The van der Waals surface area contributed by atoms with Gasteiger partial charge in [-0.1, -0.05) is 65.2 Å². The minimum absolute atomic E-state index is 0.0211. The standard InChI is InChI=1S/C22H20Cl3N3O2S/c23-16-8-6-15(7-9-16)22-13-18(14-26-31(29,30)19-4-2-1-3-5-19)27-28(22)21-11-10-17(24)12-20(21)25/h1-6,8-12,15,22,26H,7,13-14H2/t15?,22-/m0/s1. The molecule has 9 heteroatoms. The number of hydrogen-bond acceptors (Lipinski definition) is 4. The summed E-state index contributed by atoms with van der Waals surface area (Å²) < 4.78 is 27.9. The van der Waals surface area contributed by atoms with Gasteiger partial charge in [-0.15, -0.1) is 0 Å². The highest BCUT2D eigenvalue weighted by Gasteiger charge is 2.34. The normalized spacial score (nSPS) is 21.2. The highest BCUT2D eigenvalue weighted by atomic mass is 35.5. The topological polar surface area (TPSA) is 61.8 Å². The number of hydrazone groups is 1. The molecule has 2 aromatic carbocycles. The molecule has 1 heterocycles. The van der Waals surface area contributed by atoms with Gasteiger partial charge in [0.15, 0.2) is 0 Å². The van der Waals surface area contributed by atoms with E-state index in [4.69, 9.17) is 39.9 Å². The summed E-state index contributed by atoms with van der Waals surface area (Å²) in [4.78, 5) is 0.220. The van der Waals surface area contributed by atoms with E-state index < -0.39 is 10.0 Å². The number of benzene rings is 2. The summed E-state index contributed by atoms with van der Waals surface area (Å²) in [6.45, 7) is 0.114. The van der Waals surface area contributed by atoms with Gasteiger partial charge in [0, 0.05) is 22.4 Å². The van der Waals surface area contributed by atoms with Crippen molar-refractivity contribution in [2.75, 3.05) is 11.6 Å². The predicted octanol–water partition coefficient (Wildman–Crippen LogP) is 5.61. The number of anilines is 1. The minimum atomic E-state index is -3.63. The molecule has 0 bridgehead atoms. The molecule has 5 nitrogen and oxygen atoms in total. The van der Waals surface area contributed by atoms with Crippen molar-refractivity contribution < 1.29 is 8.42 Å². The summed E-state index contributed by atoms with van der Waals surface area (Å²) in [6, 6.07) is 13.5. The van der Waals surface area contributed by atoms with E-state index in [0.29, 0.717) is 21.5 Å². The molecule has 0 saturated carbocycles. The van der Waals surface area contributed by atoms with E-state index in [9.17, 15) is 8.42 Å². The van der Waals surface area contributed by atoms with Crippen LogP contribution in [-0.4, -0.2) is 26.7 Å². The summed E-state index contributed by atoms with van der Waals surface area (Å²) in [5, 5.41) is 8.33. The van der Waals surface area contributed by atoms with Gasteiger partial charge in [0.2, 0.25) is 10.0 Å². The first-order valence-electron chi connectivity index (χ1n) is 9.73. The van der Waals surface area contributed by atoms with Gasteiger partial charge in [0.1, 0.15) is 0 Å². The van der Waals surface area contributed by atoms with E-state index in [1.54, 1.807) is 42.5 Å². The lowest BCUT2D eigenvalue weighted by Gasteiger charge is -2.30. The number of halogens is 3. The first-order chi connectivity index (χ1) is 14.8. The zero-order chi connectivity index (χ0) is 22.0. The van der Waals surface area contributed by atoms with Gasteiger partial charge < -0.3 is 0 Å². The molecule has 0 fully saturated rings. The summed E-state index contributed by atoms with van der Waals surface area (Å²) in [5.74, 6) is 0.154. The molecule has 0 amide bonds. The first kappa shape index (κ1) is 22.4. The second kappa shape index (κ2) is 9.35. The second-order valence-electron chi connectivity index (χ2n) is 7.36. The Kier molecular flexibility index (Phi) is 6.74. The van der Waals surface area contributed by atoms with E-state index >= 15 is 0 Å². The van der Waals surface area contributed by atoms with Crippen LogP contribution in [0.25, 0.3) is 0 Å². The average molecular weight is 497 g/mol. The van der Waals surface area contributed by atoms with Crippen molar-refractivity contribution in [3.05, 3.63) is 81.8 Å². The van der Waals surface area contributed by atoms with Crippen LogP contribution in [0.5, 0.6) is 0 Å². The summed E-state index contributed by atoms with van der Waals surface area (Å²) in [5.41, 5.74) is 1.45. The van der Waals surface area contributed by atoms with Gasteiger partial charge in [0.05, 0.1) is 33.9 Å². The van der Waals surface area contributed by atoms with Crippen molar-refractivity contribution in [3.63, 3.8) is 0 Å². The number of allylic oxidation sites excluding steroid dienone is 3. The Morgan fingerprint density at radius 2 is 1.87 bits per heavy atom. The van der Waals surface area contributed by atoms with E-state index in [0.717, 1.165) is 17.8 Å². The molecule has 1 aliphatic carbocycles. The maximum Gasteiger partial charge on any atom is 0.240 e. The Balaban J connectivity index is 1.58. The van der Waals surface area contributed by atoms with Crippen molar-refractivity contribution in [1.29, 1.82) is 0 Å². The van der Waals surface area contributed by atoms with E-state index in [1.807, 2.05) is 23.2 Å². The van der Waals surface area contributed by atoms with Crippen LogP contribution in [0.2, 0.25) is 10.0 Å². The Labute approximate surface area is 197 Å². The van der Waals surface area contributed by atoms with E-state index in [-0.39, 0.29) is 23.4 Å². The third kappa shape index (κ3) is 5.16. The first-order valence-corrected chi connectivity index (χ1v) is 12.3. The molecule has 0 radical (unpaired) electrons. The van der Waals surface area contributed by atoms with Gasteiger partial charge in [-0.25, -0.2) is 13.1 Å². The molecule has 2 atom stereocenters. The summed E-state index contributed by atoms with van der Waals surface area (Å²) in [6.07, 6.45) is 7.28. The predicted molar refractivity (Wildman–Crippen MR) is 128 cm³/mol. The second-order valence-corrected chi connectivity index (χ2v) is 10.4. The Morgan fingerprint density at radius 3 is 2.55 bits per heavy atom. The lowest BCUT2D eigenvalue weighted by molar-refractivity contribution is 0.499. The van der Waals surface area contributed by atoms with Crippen LogP contribution in [0, 0.1) is 5.92 Å². The minimum Gasteiger partial charge on any atom is -0.260 e. The van der Waals surface area contributed by atoms with Crippen LogP contribution in [0.15, 0.2) is 81.8 Å². The van der Waals surface area contributed by atoms with Crippen LogP contribution in [0.3, 0.4) is 0 Å². The van der Waals surface area contributed by atoms with E-state index in [1.165, 1.54) is 0 Å². The molecule has 1 unspecified atom stereocenters. The van der Waals surface area contributed by atoms with Crippen molar-refractivity contribution in [2.24, 2.45) is 11.0 Å². The third-order valence-electron chi connectivity index (χ3n) is 5.27. The number of rotatable bonds is 6. The molecule has 0 saturated heterocycles. The lowest BCUT2D eigenvalue weighted by Crippen LogP contribution is -2.34. The molecule has 2 aromatic rings. The van der Waals surface area contributed by atoms with Gasteiger partial charge in [0.25, 0.3) is 0 Å². The van der Waals surface area contributed by atoms with Crippen molar-refractivity contribution in [3.8, 4) is 0 Å². The van der Waals surface area contributed by atoms with E-state index in [2.05, 4.69) is 10.8 Å². The molecular formula is C22H20Cl3N3O2S. The molecule has 162 valence electrons. The Bertz CT molecular complexity index is 1160. The summed E-state index contributed by atoms with van der Waals surface area (Å²) >= 11 is 18.6. The number of nitrogens with zero attached hydrogens (tertiary/aromatic N) is 2. The van der Waals surface area contributed by atoms with Crippen molar-refractivity contribution in [2.45, 2.75) is 23.8 Å². The smallest absolute Gasteiger partial charge is 0.240 e. The lowest BCUT2D eigenvalue weighted by atomic mass is 9.89. The number of nitrogens with one attached hydrogen (secondary N) is 1. The molecule has 2 aliphatic rings. The molecule has 0 spiro atoms. The van der Waals surface area contributed by atoms with Gasteiger partial charge in [-0.2, -0.15) is 5.10 Å².